The molecule has 3 aromatic rings. The lowest BCUT2D eigenvalue weighted by Crippen LogP contribution is -2.48. The van der Waals surface area contributed by atoms with E-state index in [4.69, 9.17) is 0 Å². The van der Waals surface area contributed by atoms with Crippen molar-refractivity contribution < 1.29 is 35.1 Å². The average Bonchev–Trinajstić information content (AvgIpc) is 3.09. The first kappa shape index (κ1) is 22.4. The van der Waals surface area contributed by atoms with Crippen molar-refractivity contribution in [3.05, 3.63) is 54.4 Å². The molecular formula is C19H17F5N4O3S. The number of halogens is 5. The number of fused-ring (bicyclic) bond motifs is 1. The van der Waals surface area contributed by atoms with Crippen molar-refractivity contribution in [1.82, 2.24) is 18.8 Å². The molecule has 4 rings (SSSR count). The topological polar surface area (TPSA) is 67.7 Å². The molecule has 32 heavy (non-hydrogen) atoms. The van der Waals surface area contributed by atoms with Crippen molar-refractivity contribution in [1.29, 1.82) is 0 Å². The van der Waals surface area contributed by atoms with E-state index in [1.807, 2.05) is 4.90 Å². The molecule has 13 heteroatoms. The summed E-state index contributed by atoms with van der Waals surface area (Å²) < 4.78 is 96.0. The highest BCUT2D eigenvalue weighted by Gasteiger charge is 2.32. The zero-order valence-electron chi connectivity index (χ0n) is 16.4. The Morgan fingerprint density at radius 1 is 0.969 bits per heavy atom. The molecule has 1 aliphatic heterocycles. The van der Waals surface area contributed by atoms with Gasteiger partial charge in [0.2, 0.25) is 10.0 Å². The molecule has 0 saturated carbocycles. The molecular weight excluding hydrogens is 459 g/mol. The number of nitrogens with zero attached hydrogens (tertiary/aromatic N) is 4. The van der Waals surface area contributed by atoms with Crippen molar-refractivity contribution in [3.63, 3.8) is 0 Å². The highest BCUT2D eigenvalue weighted by atomic mass is 32.2. The zero-order valence-corrected chi connectivity index (χ0v) is 17.2. The van der Waals surface area contributed by atoms with Gasteiger partial charge in [0.25, 0.3) is 0 Å². The lowest BCUT2D eigenvalue weighted by Gasteiger charge is -2.34. The number of benzene rings is 2. The van der Waals surface area contributed by atoms with E-state index in [-0.39, 0.29) is 18.0 Å². The van der Waals surface area contributed by atoms with Crippen LogP contribution in [0.4, 0.5) is 22.0 Å². The van der Waals surface area contributed by atoms with Crippen LogP contribution in [0.5, 0.6) is 5.75 Å². The van der Waals surface area contributed by atoms with Crippen LogP contribution in [0.1, 0.15) is 0 Å². The van der Waals surface area contributed by atoms with E-state index < -0.39 is 33.8 Å². The van der Waals surface area contributed by atoms with Crippen molar-refractivity contribution in [3.8, 4) is 5.75 Å². The maximum Gasteiger partial charge on any atom is 0.573 e. The standard InChI is InChI=1S/C19H17F5N4O3S/c20-15-9-17-18(10-16(15)21)27(11-25-17)12-26-5-7-28(8-6-26)32(29,30)14-3-1-13(2-4-14)31-19(22,23)24/h1-4,9-11H,5-8,12H2. The van der Waals surface area contributed by atoms with Gasteiger partial charge in [0.1, 0.15) is 5.75 Å². The van der Waals surface area contributed by atoms with Gasteiger partial charge in [-0.2, -0.15) is 4.31 Å². The Bertz CT molecular complexity index is 1220. The van der Waals surface area contributed by atoms with E-state index in [2.05, 4.69) is 9.72 Å². The van der Waals surface area contributed by atoms with Crippen LogP contribution < -0.4 is 4.74 Å². The number of ether oxygens (including phenoxy) is 1. The second-order valence-corrected chi connectivity index (χ2v) is 9.09. The Hall–Kier alpha value is -2.77. The summed E-state index contributed by atoms with van der Waals surface area (Å²) in [7, 11) is -3.89. The predicted molar refractivity (Wildman–Crippen MR) is 103 cm³/mol. The molecule has 0 amide bonds. The first-order valence-electron chi connectivity index (χ1n) is 9.41. The Kier molecular flexibility index (Phi) is 5.81. The number of aromatic nitrogens is 2. The first-order valence-corrected chi connectivity index (χ1v) is 10.9. The molecule has 0 atom stereocenters. The monoisotopic (exact) mass is 476 g/mol. The summed E-state index contributed by atoms with van der Waals surface area (Å²) in [5.41, 5.74) is 0.725. The third kappa shape index (κ3) is 4.69. The Morgan fingerprint density at radius 3 is 2.22 bits per heavy atom. The fourth-order valence-electron chi connectivity index (χ4n) is 3.46. The number of sulfonamides is 1. The number of alkyl halides is 3. The molecule has 1 aliphatic rings. The molecule has 0 aliphatic carbocycles. The molecule has 0 N–H and O–H groups in total. The Labute approximate surface area is 179 Å². The van der Waals surface area contributed by atoms with Gasteiger partial charge in [0.05, 0.1) is 28.9 Å². The van der Waals surface area contributed by atoms with Crippen LogP contribution in [-0.4, -0.2) is 59.7 Å². The molecule has 2 aromatic carbocycles. The maximum atomic E-state index is 13.6. The van der Waals surface area contributed by atoms with Gasteiger partial charge in [-0.05, 0) is 24.3 Å². The summed E-state index contributed by atoms with van der Waals surface area (Å²) in [6, 6.07) is 6.09. The summed E-state index contributed by atoms with van der Waals surface area (Å²) in [4.78, 5) is 5.84. The molecule has 1 fully saturated rings. The van der Waals surface area contributed by atoms with Gasteiger partial charge < -0.3 is 9.30 Å². The normalized spacial score (nSPS) is 16.5. The third-order valence-electron chi connectivity index (χ3n) is 5.04. The van der Waals surface area contributed by atoms with Crippen LogP contribution in [0, 0.1) is 11.6 Å². The van der Waals surface area contributed by atoms with Crippen LogP contribution in [0.15, 0.2) is 47.6 Å². The lowest BCUT2D eigenvalue weighted by molar-refractivity contribution is -0.274. The Balaban J connectivity index is 1.40. The summed E-state index contributed by atoms with van der Waals surface area (Å²) in [6.07, 6.45) is -3.41. The van der Waals surface area contributed by atoms with Crippen molar-refractivity contribution in [2.45, 2.75) is 17.9 Å². The maximum absolute atomic E-state index is 13.6. The second kappa shape index (κ2) is 8.30. The summed E-state index contributed by atoms with van der Waals surface area (Å²) in [5, 5.41) is 0. The van der Waals surface area contributed by atoms with E-state index >= 15 is 0 Å². The fraction of sp³-hybridized carbons (Fsp3) is 0.316. The quantitative estimate of drug-likeness (QED) is 0.530. The minimum Gasteiger partial charge on any atom is -0.406 e. The van der Waals surface area contributed by atoms with Crippen LogP contribution in [0.3, 0.4) is 0 Å². The van der Waals surface area contributed by atoms with Gasteiger partial charge in [-0.15, -0.1) is 13.2 Å². The fourth-order valence-corrected chi connectivity index (χ4v) is 4.88. The van der Waals surface area contributed by atoms with Crippen LogP contribution in [0.25, 0.3) is 11.0 Å². The minimum atomic E-state index is -4.86. The molecule has 1 saturated heterocycles. The van der Waals surface area contributed by atoms with E-state index in [9.17, 15) is 30.4 Å². The van der Waals surface area contributed by atoms with Gasteiger partial charge in [0, 0.05) is 38.3 Å². The number of imidazole rings is 1. The predicted octanol–water partition coefficient (Wildman–Crippen LogP) is 3.18. The Morgan fingerprint density at radius 2 is 1.59 bits per heavy atom. The molecule has 172 valence electrons. The van der Waals surface area contributed by atoms with E-state index in [0.717, 1.165) is 36.4 Å². The van der Waals surface area contributed by atoms with Gasteiger partial charge in [-0.25, -0.2) is 22.2 Å². The largest absolute Gasteiger partial charge is 0.573 e. The van der Waals surface area contributed by atoms with E-state index in [1.54, 1.807) is 4.57 Å². The molecule has 0 spiro atoms. The lowest BCUT2D eigenvalue weighted by atomic mass is 10.3. The van der Waals surface area contributed by atoms with Crippen molar-refractivity contribution in [2.24, 2.45) is 0 Å². The van der Waals surface area contributed by atoms with Gasteiger partial charge in [-0.3, -0.25) is 4.90 Å². The molecule has 0 bridgehead atoms. The van der Waals surface area contributed by atoms with Gasteiger partial charge in [-0.1, -0.05) is 0 Å². The number of piperazine rings is 1. The molecule has 7 nitrogen and oxygen atoms in total. The van der Waals surface area contributed by atoms with E-state index in [0.29, 0.717) is 30.8 Å². The molecule has 0 radical (unpaired) electrons. The average molecular weight is 476 g/mol. The highest BCUT2D eigenvalue weighted by Crippen LogP contribution is 2.26. The van der Waals surface area contributed by atoms with Crippen LogP contribution in [-0.2, 0) is 16.7 Å². The van der Waals surface area contributed by atoms with Crippen molar-refractivity contribution in [2.75, 3.05) is 26.2 Å². The van der Waals surface area contributed by atoms with E-state index in [1.165, 1.54) is 10.6 Å². The molecule has 1 aromatic heterocycles. The summed E-state index contributed by atoms with van der Waals surface area (Å²) in [6.45, 7) is 1.33. The minimum absolute atomic E-state index is 0.140. The number of rotatable bonds is 5. The third-order valence-corrected chi connectivity index (χ3v) is 6.95. The summed E-state index contributed by atoms with van der Waals surface area (Å²) >= 11 is 0. The summed E-state index contributed by atoms with van der Waals surface area (Å²) in [5.74, 6) is -2.48. The zero-order chi connectivity index (χ0) is 23.1. The second-order valence-electron chi connectivity index (χ2n) is 7.15. The van der Waals surface area contributed by atoms with Gasteiger partial charge in [0.15, 0.2) is 11.6 Å². The SMILES string of the molecule is O=S(=O)(c1ccc(OC(F)(F)F)cc1)N1CCN(Cn2cnc3cc(F)c(F)cc32)CC1. The molecule has 2 heterocycles. The van der Waals surface area contributed by atoms with Crippen molar-refractivity contribution >= 4 is 21.1 Å². The van der Waals surface area contributed by atoms with Crippen LogP contribution >= 0.6 is 0 Å². The van der Waals surface area contributed by atoms with Gasteiger partial charge >= 0.3 is 6.36 Å². The molecule has 0 unspecified atom stereocenters. The first-order chi connectivity index (χ1) is 15.0. The van der Waals surface area contributed by atoms with Crippen LogP contribution in [0.2, 0.25) is 0 Å². The smallest absolute Gasteiger partial charge is 0.406 e. The number of hydrogen-bond acceptors (Lipinski definition) is 5. The number of hydrogen-bond donors (Lipinski definition) is 0. The highest BCUT2D eigenvalue weighted by molar-refractivity contribution is 7.89.